The average Bonchev–Trinajstić information content (AvgIpc) is 2.83. The normalized spacial score (nSPS) is 38.5. The molecule has 102 valence electrons. The molecule has 0 spiro atoms. The molecule has 2 heteroatoms. The molecule has 4 rings (SSSR count). The molecular weight excluding hydrogens is 232 g/mol. The van der Waals surface area contributed by atoms with Gasteiger partial charge in [0.2, 0.25) is 0 Å². The molecule has 3 aliphatic rings. The molecule has 3 N–H and O–H groups in total. The Labute approximate surface area is 115 Å². The van der Waals surface area contributed by atoms with Crippen LogP contribution in [0.4, 0.5) is 0 Å². The molecule has 3 saturated carbocycles. The van der Waals surface area contributed by atoms with Crippen molar-refractivity contribution in [2.45, 2.75) is 38.3 Å². The van der Waals surface area contributed by atoms with Gasteiger partial charge in [-0.1, -0.05) is 24.3 Å². The van der Waals surface area contributed by atoms with E-state index in [1.54, 1.807) is 6.42 Å². The third-order valence-corrected chi connectivity index (χ3v) is 5.85. The van der Waals surface area contributed by atoms with Gasteiger partial charge in [-0.2, -0.15) is 0 Å². The number of hydrogen-bond donors (Lipinski definition) is 2. The highest BCUT2D eigenvalue weighted by Crippen LogP contribution is 2.65. The van der Waals surface area contributed by atoms with Crippen molar-refractivity contribution in [3.05, 3.63) is 35.4 Å². The van der Waals surface area contributed by atoms with Gasteiger partial charge in [0.05, 0.1) is 0 Å². The van der Waals surface area contributed by atoms with E-state index in [0.717, 1.165) is 42.7 Å². The molecule has 1 aromatic carbocycles. The molecule has 4 atom stereocenters. The topological polar surface area (TPSA) is 38.0 Å². The Morgan fingerprint density at radius 1 is 1.05 bits per heavy atom. The summed E-state index contributed by atoms with van der Waals surface area (Å²) < 4.78 is 0. The van der Waals surface area contributed by atoms with Crippen LogP contribution < -0.4 is 11.1 Å². The Kier molecular flexibility index (Phi) is 2.89. The van der Waals surface area contributed by atoms with Gasteiger partial charge in [-0.25, -0.2) is 0 Å². The standard InChI is InChI=1S/C17H24N2/c18-10-14-4-2-1-3-11(14)7-8-19-17-15-12-5-6-13(9-12)16(15)17/h1-4,12-13,15-17,19H,5-10,18H2. The van der Waals surface area contributed by atoms with E-state index in [-0.39, 0.29) is 0 Å². The highest BCUT2D eigenvalue weighted by Gasteiger charge is 2.64. The summed E-state index contributed by atoms with van der Waals surface area (Å²) in [5, 5.41) is 3.82. The van der Waals surface area contributed by atoms with E-state index in [4.69, 9.17) is 5.73 Å². The lowest BCUT2D eigenvalue weighted by Crippen LogP contribution is -2.25. The summed E-state index contributed by atoms with van der Waals surface area (Å²) in [4.78, 5) is 0. The first-order valence-electron chi connectivity index (χ1n) is 7.88. The van der Waals surface area contributed by atoms with Crippen LogP contribution >= 0.6 is 0 Å². The van der Waals surface area contributed by atoms with Crippen LogP contribution in [0.3, 0.4) is 0 Å². The maximum Gasteiger partial charge on any atom is 0.0180 e. The van der Waals surface area contributed by atoms with Crippen molar-refractivity contribution in [2.75, 3.05) is 6.54 Å². The fourth-order valence-corrected chi connectivity index (χ4v) is 4.97. The van der Waals surface area contributed by atoms with Crippen molar-refractivity contribution < 1.29 is 0 Å². The summed E-state index contributed by atoms with van der Waals surface area (Å²) in [7, 11) is 0. The molecule has 2 bridgehead atoms. The minimum absolute atomic E-state index is 0.662. The van der Waals surface area contributed by atoms with E-state index in [0.29, 0.717) is 6.54 Å². The minimum Gasteiger partial charge on any atom is -0.326 e. The van der Waals surface area contributed by atoms with Crippen LogP contribution in [0.15, 0.2) is 24.3 Å². The van der Waals surface area contributed by atoms with Crippen molar-refractivity contribution in [1.29, 1.82) is 0 Å². The van der Waals surface area contributed by atoms with E-state index in [1.807, 2.05) is 0 Å². The van der Waals surface area contributed by atoms with E-state index in [2.05, 4.69) is 29.6 Å². The lowest BCUT2D eigenvalue weighted by Gasteiger charge is -2.12. The summed E-state index contributed by atoms with van der Waals surface area (Å²) in [6.45, 7) is 1.78. The molecule has 4 unspecified atom stereocenters. The van der Waals surface area contributed by atoms with Gasteiger partial charge in [-0.05, 0) is 67.0 Å². The number of hydrogen-bond acceptors (Lipinski definition) is 2. The van der Waals surface area contributed by atoms with Crippen LogP contribution in [0.2, 0.25) is 0 Å². The quantitative estimate of drug-likeness (QED) is 0.848. The Morgan fingerprint density at radius 2 is 1.74 bits per heavy atom. The second-order valence-corrected chi connectivity index (χ2v) is 6.69. The van der Waals surface area contributed by atoms with Crippen LogP contribution in [-0.4, -0.2) is 12.6 Å². The molecule has 19 heavy (non-hydrogen) atoms. The van der Waals surface area contributed by atoms with Crippen molar-refractivity contribution in [2.24, 2.45) is 29.4 Å². The fourth-order valence-electron chi connectivity index (χ4n) is 4.97. The fraction of sp³-hybridized carbons (Fsp3) is 0.647. The maximum atomic E-state index is 5.79. The highest BCUT2D eigenvalue weighted by atomic mass is 15.0. The predicted octanol–water partition coefficient (Wildman–Crippen LogP) is 2.32. The smallest absolute Gasteiger partial charge is 0.0180 e. The number of fused-ring (bicyclic) bond motifs is 5. The van der Waals surface area contributed by atoms with Crippen LogP contribution in [0.5, 0.6) is 0 Å². The summed E-state index contributed by atoms with van der Waals surface area (Å²) in [5.41, 5.74) is 8.52. The zero-order valence-corrected chi connectivity index (χ0v) is 11.5. The van der Waals surface area contributed by atoms with Crippen molar-refractivity contribution in [3.8, 4) is 0 Å². The van der Waals surface area contributed by atoms with Gasteiger partial charge >= 0.3 is 0 Å². The van der Waals surface area contributed by atoms with Crippen molar-refractivity contribution in [1.82, 2.24) is 5.32 Å². The second-order valence-electron chi connectivity index (χ2n) is 6.69. The first-order chi connectivity index (χ1) is 9.38. The Bertz CT molecular complexity index is 454. The number of nitrogens with one attached hydrogen (secondary N) is 1. The van der Waals surface area contributed by atoms with Gasteiger partial charge in [0.1, 0.15) is 0 Å². The summed E-state index contributed by atoms with van der Waals surface area (Å²) in [6, 6.07) is 9.45. The van der Waals surface area contributed by atoms with E-state index < -0.39 is 0 Å². The van der Waals surface area contributed by atoms with Crippen molar-refractivity contribution in [3.63, 3.8) is 0 Å². The molecule has 2 nitrogen and oxygen atoms in total. The Morgan fingerprint density at radius 3 is 2.42 bits per heavy atom. The highest BCUT2D eigenvalue weighted by molar-refractivity contribution is 5.27. The summed E-state index contributed by atoms with van der Waals surface area (Å²) in [6.07, 6.45) is 5.70. The van der Waals surface area contributed by atoms with Crippen LogP contribution in [0, 0.1) is 23.7 Å². The molecule has 0 amide bonds. The number of rotatable bonds is 5. The largest absolute Gasteiger partial charge is 0.326 e. The maximum absolute atomic E-state index is 5.79. The first-order valence-corrected chi connectivity index (χ1v) is 7.88. The average molecular weight is 256 g/mol. The number of benzene rings is 1. The molecule has 3 aliphatic carbocycles. The third-order valence-electron chi connectivity index (χ3n) is 5.85. The zero-order chi connectivity index (χ0) is 12.8. The Balaban J connectivity index is 1.30. The Hall–Kier alpha value is -0.860. The second kappa shape index (κ2) is 4.60. The monoisotopic (exact) mass is 256 g/mol. The molecule has 0 saturated heterocycles. The van der Waals surface area contributed by atoms with Crippen LogP contribution in [0.25, 0.3) is 0 Å². The van der Waals surface area contributed by atoms with Crippen LogP contribution in [0.1, 0.15) is 30.4 Å². The third kappa shape index (κ3) is 1.93. The van der Waals surface area contributed by atoms with E-state index >= 15 is 0 Å². The van der Waals surface area contributed by atoms with E-state index in [9.17, 15) is 0 Å². The SMILES string of the molecule is NCc1ccccc1CCNC1C2C3CCC(C3)C12. The van der Waals surface area contributed by atoms with Gasteiger partial charge in [-0.3, -0.25) is 0 Å². The van der Waals surface area contributed by atoms with Gasteiger partial charge in [0.15, 0.2) is 0 Å². The lowest BCUT2D eigenvalue weighted by molar-refractivity contribution is 0.456. The van der Waals surface area contributed by atoms with Gasteiger partial charge in [0, 0.05) is 12.6 Å². The first kappa shape index (κ1) is 11.9. The molecule has 0 aromatic heterocycles. The zero-order valence-electron chi connectivity index (χ0n) is 11.5. The lowest BCUT2D eigenvalue weighted by atomic mass is 10.0. The number of nitrogens with two attached hydrogens (primary N) is 1. The van der Waals surface area contributed by atoms with Gasteiger partial charge in [-0.15, -0.1) is 0 Å². The molecule has 1 aromatic rings. The van der Waals surface area contributed by atoms with Crippen LogP contribution in [-0.2, 0) is 13.0 Å². The molecule has 0 heterocycles. The minimum atomic E-state index is 0.662. The molecule has 3 fully saturated rings. The molecule has 0 radical (unpaired) electrons. The molecular formula is C17H24N2. The van der Waals surface area contributed by atoms with Gasteiger partial charge in [0.25, 0.3) is 0 Å². The van der Waals surface area contributed by atoms with E-state index in [1.165, 1.54) is 24.0 Å². The summed E-state index contributed by atoms with van der Waals surface area (Å²) >= 11 is 0. The van der Waals surface area contributed by atoms with Crippen molar-refractivity contribution >= 4 is 0 Å². The molecule has 0 aliphatic heterocycles. The van der Waals surface area contributed by atoms with Gasteiger partial charge < -0.3 is 11.1 Å². The summed E-state index contributed by atoms with van der Waals surface area (Å²) in [5.74, 6) is 4.24. The predicted molar refractivity (Wildman–Crippen MR) is 77.6 cm³/mol.